The summed E-state index contributed by atoms with van der Waals surface area (Å²) in [5.41, 5.74) is 2.55. The van der Waals surface area contributed by atoms with Crippen LogP contribution in [0.3, 0.4) is 0 Å². The Labute approximate surface area is 197 Å². The Balaban J connectivity index is 1.58. The number of rotatable bonds is 7. The maximum absolute atomic E-state index is 12.6. The van der Waals surface area contributed by atoms with Crippen molar-refractivity contribution >= 4 is 37.6 Å². The van der Waals surface area contributed by atoms with Crippen molar-refractivity contribution in [1.82, 2.24) is 9.97 Å². The molecular formula is C25H19F2N3O3S. The summed E-state index contributed by atoms with van der Waals surface area (Å²) >= 11 is 1.46. The molecule has 1 atom stereocenters. The molecule has 0 saturated heterocycles. The van der Waals surface area contributed by atoms with Gasteiger partial charge in [0, 0.05) is 23.2 Å². The molecule has 0 aliphatic rings. The SMILES string of the molecule is COc1ccc2sc(N[C@@H](c3ccc(OC(F)F)cc3)c3ccc4cccnc4c3O)nc2c1. The topological polar surface area (TPSA) is 76.5 Å². The number of phenolic OH excluding ortho intramolecular Hbond substituents is 1. The Hall–Kier alpha value is -3.98. The van der Waals surface area contributed by atoms with Crippen LogP contribution in [0.2, 0.25) is 0 Å². The Morgan fingerprint density at radius 1 is 1.00 bits per heavy atom. The average Bonchev–Trinajstić information content (AvgIpc) is 3.25. The molecule has 5 rings (SSSR count). The zero-order valence-electron chi connectivity index (χ0n) is 17.9. The molecule has 0 amide bonds. The summed E-state index contributed by atoms with van der Waals surface area (Å²) in [5.74, 6) is 0.786. The Bertz CT molecular complexity index is 1460. The number of hydrogen-bond donors (Lipinski definition) is 2. The molecule has 0 spiro atoms. The highest BCUT2D eigenvalue weighted by Gasteiger charge is 2.22. The zero-order chi connectivity index (χ0) is 23.7. The first-order chi connectivity index (χ1) is 16.5. The van der Waals surface area contributed by atoms with Gasteiger partial charge in [0.1, 0.15) is 22.8 Å². The molecule has 0 aliphatic heterocycles. The number of nitrogens with zero attached hydrogens (tertiary/aromatic N) is 2. The number of benzene rings is 3. The lowest BCUT2D eigenvalue weighted by molar-refractivity contribution is -0.0498. The summed E-state index contributed by atoms with van der Waals surface area (Å²) < 4.78 is 35.9. The van der Waals surface area contributed by atoms with Crippen LogP contribution in [-0.4, -0.2) is 28.8 Å². The second kappa shape index (κ2) is 9.11. The first kappa shape index (κ1) is 21.8. The van der Waals surface area contributed by atoms with Crippen LogP contribution in [0.5, 0.6) is 17.2 Å². The second-order valence-corrected chi connectivity index (χ2v) is 8.49. The van der Waals surface area contributed by atoms with Crippen molar-refractivity contribution in [3.8, 4) is 17.2 Å². The standard InChI is InChI=1S/C25H19F2N3O3S/c1-32-17-9-11-20-19(13-17)29-25(34-20)30-21(15-4-7-16(8-5-15)33-24(26)27)18-10-6-14-3-2-12-28-22(14)23(18)31/h2-13,21,24,31H,1H3,(H,29,30)/t21-/m0/s1. The highest BCUT2D eigenvalue weighted by atomic mass is 32.1. The molecule has 0 saturated carbocycles. The van der Waals surface area contributed by atoms with Gasteiger partial charge in [-0.3, -0.25) is 4.98 Å². The van der Waals surface area contributed by atoms with Crippen LogP contribution in [0.15, 0.2) is 72.9 Å². The maximum atomic E-state index is 12.6. The van der Waals surface area contributed by atoms with Crippen LogP contribution in [0.25, 0.3) is 21.1 Å². The van der Waals surface area contributed by atoms with Crippen molar-refractivity contribution in [2.75, 3.05) is 12.4 Å². The molecule has 5 aromatic rings. The molecule has 2 N–H and O–H groups in total. The van der Waals surface area contributed by atoms with Gasteiger partial charge in [0.15, 0.2) is 5.13 Å². The summed E-state index contributed by atoms with van der Waals surface area (Å²) in [5, 5.41) is 15.9. The number of methoxy groups -OCH3 is 1. The number of aromatic nitrogens is 2. The van der Waals surface area contributed by atoms with E-state index in [0.717, 1.165) is 21.2 Å². The molecule has 0 fully saturated rings. The van der Waals surface area contributed by atoms with E-state index in [4.69, 9.17) is 4.74 Å². The number of thiazole rings is 1. The van der Waals surface area contributed by atoms with Gasteiger partial charge in [0.25, 0.3) is 0 Å². The number of halogens is 2. The van der Waals surface area contributed by atoms with Crippen molar-refractivity contribution in [2.24, 2.45) is 0 Å². The van der Waals surface area contributed by atoms with E-state index in [1.165, 1.54) is 23.5 Å². The van der Waals surface area contributed by atoms with Gasteiger partial charge in [0.05, 0.1) is 23.4 Å². The molecule has 172 valence electrons. The fourth-order valence-corrected chi connectivity index (χ4v) is 4.65. The van der Waals surface area contributed by atoms with Crippen molar-refractivity contribution in [2.45, 2.75) is 12.7 Å². The third-order valence-corrected chi connectivity index (χ3v) is 6.36. The smallest absolute Gasteiger partial charge is 0.387 e. The van der Waals surface area contributed by atoms with Crippen LogP contribution in [0, 0.1) is 0 Å². The van der Waals surface area contributed by atoms with E-state index in [2.05, 4.69) is 20.0 Å². The quantitative estimate of drug-likeness (QED) is 0.283. The number of anilines is 1. The van der Waals surface area contributed by atoms with Gasteiger partial charge in [-0.2, -0.15) is 8.78 Å². The van der Waals surface area contributed by atoms with Gasteiger partial charge in [-0.1, -0.05) is 41.7 Å². The van der Waals surface area contributed by atoms with Crippen molar-refractivity contribution < 1.29 is 23.4 Å². The minimum absolute atomic E-state index is 0.0336. The number of fused-ring (bicyclic) bond motifs is 2. The van der Waals surface area contributed by atoms with E-state index in [0.29, 0.717) is 22.0 Å². The number of aromatic hydroxyl groups is 1. The van der Waals surface area contributed by atoms with Gasteiger partial charge in [0.2, 0.25) is 0 Å². The van der Waals surface area contributed by atoms with E-state index in [1.807, 2.05) is 36.4 Å². The second-order valence-electron chi connectivity index (χ2n) is 7.46. The van der Waals surface area contributed by atoms with Crippen LogP contribution in [-0.2, 0) is 0 Å². The number of ether oxygens (including phenoxy) is 2. The minimum atomic E-state index is -2.91. The van der Waals surface area contributed by atoms with Crippen LogP contribution in [0.1, 0.15) is 17.2 Å². The number of phenols is 1. The molecule has 34 heavy (non-hydrogen) atoms. The summed E-state index contributed by atoms with van der Waals surface area (Å²) in [6.45, 7) is -2.91. The molecule has 6 nitrogen and oxygen atoms in total. The highest BCUT2D eigenvalue weighted by molar-refractivity contribution is 7.22. The minimum Gasteiger partial charge on any atom is -0.505 e. The predicted octanol–water partition coefficient (Wildman–Crippen LogP) is 6.36. The fourth-order valence-electron chi connectivity index (χ4n) is 3.78. The summed E-state index contributed by atoms with van der Waals surface area (Å²) in [4.78, 5) is 8.98. The highest BCUT2D eigenvalue weighted by Crippen LogP contribution is 2.38. The molecular weight excluding hydrogens is 460 g/mol. The number of alkyl halides is 2. The van der Waals surface area contributed by atoms with Crippen molar-refractivity contribution in [1.29, 1.82) is 0 Å². The van der Waals surface area contributed by atoms with Gasteiger partial charge < -0.3 is 19.9 Å². The molecule has 3 aromatic carbocycles. The van der Waals surface area contributed by atoms with Gasteiger partial charge in [-0.25, -0.2) is 4.98 Å². The van der Waals surface area contributed by atoms with E-state index < -0.39 is 12.7 Å². The summed E-state index contributed by atoms with van der Waals surface area (Å²) in [6.07, 6.45) is 1.62. The largest absolute Gasteiger partial charge is 0.505 e. The van der Waals surface area contributed by atoms with E-state index in [-0.39, 0.29) is 11.5 Å². The Kier molecular flexibility index (Phi) is 5.85. The monoisotopic (exact) mass is 479 g/mol. The lowest BCUT2D eigenvalue weighted by atomic mass is 9.96. The van der Waals surface area contributed by atoms with Gasteiger partial charge >= 0.3 is 6.61 Å². The lowest BCUT2D eigenvalue weighted by Crippen LogP contribution is -2.13. The van der Waals surface area contributed by atoms with E-state index in [1.54, 1.807) is 31.5 Å². The number of hydrogen-bond acceptors (Lipinski definition) is 7. The molecule has 9 heteroatoms. The number of nitrogens with one attached hydrogen (secondary N) is 1. The van der Waals surface area contributed by atoms with Crippen molar-refractivity contribution in [3.63, 3.8) is 0 Å². The Morgan fingerprint density at radius 2 is 1.79 bits per heavy atom. The maximum Gasteiger partial charge on any atom is 0.387 e. The normalized spacial score (nSPS) is 12.2. The van der Waals surface area contributed by atoms with Crippen LogP contribution >= 0.6 is 11.3 Å². The summed E-state index contributed by atoms with van der Waals surface area (Å²) in [7, 11) is 1.60. The van der Waals surface area contributed by atoms with E-state index in [9.17, 15) is 13.9 Å². The average molecular weight is 480 g/mol. The number of pyridine rings is 1. The van der Waals surface area contributed by atoms with Crippen molar-refractivity contribution in [3.05, 3.63) is 84.1 Å². The van der Waals surface area contributed by atoms with Gasteiger partial charge in [-0.05, 0) is 35.9 Å². The van der Waals surface area contributed by atoms with Crippen LogP contribution in [0.4, 0.5) is 13.9 Å². The first-order valence-electron chi connectivity index (χ1n) is 10.3. The summed E-state index contributed by atoms with van der Waals surface area (Å²) in [6, 6.07) is 18.8. The third-order valence-electron chi connectivity index (χ3n) is 5.39. The lowest BCUT2D eigenvalue weighted by Gasteiger charge is -2.21. The van der Waals surface area contributed by atoms with E-state index >= 15 is 0 Å². The molecule has 2 heterocycles. The fraction of sp³-hybridized carbons (Fsp3) is 0.120. The third kappa shape index (κ3) is 4.29. The molecule has 0 radical (unpaired) electrons. The molecule has 0 aliphatic carbocycles. The zero-order valence-corrected chi connectivity index (χ0v) is 18.7. The van der Waals surface area contributed by atoms with Crippen LogP contribution < -0.4 is 14.8 Å². The Morgan fingerprint density at radius 3 is 2.56 bits per heavy atom. The first-order valence-corrected chi connectivity index (χ1v) is 11.2. The van der Waals surface area contributed by atoms with Gasteiger partial charge in [-0.15, -0.1) is 0 Å². The molecule has 0 bridgehead atoms. The molecule has 2 aromatic heterocycles. The predicted molar refractivity (Wildman–Crippen MR) is 128 cm³/mol. The molecule has 0 unspecified atom stereocenters.